The number of nitrogens with one attached hydrogen (secondary N) is 1. The predicted octanol–water partition coefficient (Wildman–Crippen LogP) is 1.01. The molecule has 4 nitrogen and oxygen atoms in total. The number of aromatic amines is 1. The second-order valence-corrected chi connectivity index (χ2v) is 3.68. The van der Waals surface area contributed by atoms with E-state index in [1.54, 1.807) is 0 Å². The van der Waals surface area contributed by atoms with E-state index >= 15 is 0 Å². The van der Waals surface area contributed by atoms with Crippen LogP contribution in [0.4, 0.5) is 0 Å². The Hall–Kier alpha value is -1.32. The van der Waals surface area contributed by atoms with Crippen LogP contribution in [0.25, 0.3) is 0 Å². The summed E-state index contributed by atoms with van der Waals surface area (Å²) in [6, 6.07) is 0. The molecule has 1 unspecified atom stereocenters. The molecule has 2 heterocycles. The van der Waals surface area contributed by atoms with Crippen LogP contribution in [0.2, 0.25) is 0 Å². The molecule has 1 aromatic heterocycles. The molecule has 0 radical (unpaired) electrons. The molecule has 13 heavy (non-hydrogen) atoms. The molecule has 0 saturated carbocycles. The Balaban J connectivity index is 2.16. The zero-order valence-electron chi connectivity index (χ0n) is 7.50. The summed E-state index contributed by atoms with van der Waals surface area (Å²) in [5.74, 6) is 0.482. The molecule has 0 bridgehead atoms. The lowest BCUT2D eigenvalue weighted by Crippen LogP contribution is -2.22. The molecule has 3 rings (SSSR count). The number of aromatic nitrogens is 2. The number of H-pyrrole nitrogens is 1. The van der Waals surface area contributed by atoms with E-state index in [0.29, 0.717) is 5.92 Å². The Kier molecular flexibility index (Phi) is 1.28. The van der Waals surface area contributed by atoms with Gasteiger partial charge in [-0.1, -0.05) is 5.16 Å². The van der Waals surface area contributed by atoms with Crippen molar-refractivity contribution in [2.24, 2.45) is 11.1 Å². The Labute approximate surface area is 76.0 Å². The van der Waals surface area contributed by atoms with Crippen molar-refractivity contribution < 1.29 is 4.84 Å². The quantitative estimate of drug-likeness (QED) is 0.643. The number of hydrogen-bond donors (Lipinski definition) is 1. The summed E-state index contributed by atoms with van der Waals surface area (Å²) in [5.41, 5.74) is 4.57. The lowest BCUT2D eigenvalue weighted by molar-refractivity contribution is 0.153. The van der Waals surface area contributed by atoms with E-state index in [2.05, 4.69) is 22.3 Å². The molecule has 2 aliphatic rings. The Bertz CT molecular complexity index is 380. The normalized spacial score (nSPS) is 24.7. The lowest BCUT2D eigenvalue weighted by Gasteiger charge is -2.15. The van der Waals surface area contributed by atoms with E-state index in [1.807, 2.05) is 0 Å². The van der Waals surface area contributed by atoms with Gasteiger partial charge in [-0.25, -0.2) is 0 Å². The van der Waals surface area contributed by atoms with Crippen molar-refractivity contribution in [1.29, 1.82) is 0 Å². The van der Waals surface area contributed by atoms with Gasteiger partial charge in [0.15, 0.2) is 0 Å². The molecule has 1 aliphatic carbocycles. The van der Waals surface area contributed by atoms with Crippen molar-refractivity contribution in [3.63, 3.8) is 0 Å². The highest BCUT2D eigenvalue weighted by molar-refractivity contribution is 6.03. The zero-order chi connectivity index (χ0) is 8.84. The molecular formula is C9H11N3O. The van der Waals surface area contributed by atoms with Gasteiger partial charge in [0.1, 0.15) is 18.0 Å². The maximum Gasteiger partial charge on any atom is 0.125 e. The number of aryl methyl sites for hydroxylation is 1. The van der Waals surface area contributed by atoms with E-state index in [0.717, 1.165) is 30.9 Å². The van der Waals surface area contributed by atoms with Crippen LogP contribution in [-0.4, -0.2) is 22.5 Å². The highest BCUT2D eigenvalue weighted by Crippen LogP contribution is 2.29. The minimum atomic E-state index is 0.482. The molecule has 0 aromatic carbocycles. The number of oxime groups is 1. The lowest BCUT2D eigenvalue weighted by atomic mass is 9.86. The van der Waals surface area contributed by atoms with Crippen LogP contribution in [0.5, 0.6) is 0 Å². The van der Waals surface area contributed by atoms with Gasteiger partial charge in [0, 0.05) is 17.2 Å². The zero-order valence-corrected chi connectivity index (χ0v) is 7.50. The van der Waals surface area contributed by atoms with Crippen LogP contribution in [0, 0.1) is 12.8 Å². The second-order valence-electron chi connectivity index (χ2n) is 3.68. The van der Waals surface area contributed by atoms with Gasteiger partial charge in [-0.15, -0.1) is 0 Å². The van der Waals surface area contributed by atoms with Crippen LogP contribution in [0.15, 0.2) is 5.16 Å². The van der Waals surface area contributed by atoms with Gasteiger partial charge in [0.25, 0.3) is 0 Å². The highest BCUT2D eigenvalue weighted by atomic mass is 16.6. The van der Waals surface area contributed by atoms with Gasteiger partial charge in [0.05, 0.1) is 0 Å². The molecule has 0 saturated heterocycles. The first kappa shape index (κ1) is 7.12. The van der Waals surface area contributed by atoms with Gasteiger partial charge < -0.3 is 4.84 Å². The van der Waals surface area contributed by atoms with Crippen molar-refractivity contribution in [3.05, 3.63) is 17.0 Å². The second kappa shape index (κ2) is 2.34. The molecule has 1 aliphatic heterocycles. The fraction of sp³-hybridized carbons (Fsp3) is 0.556. The molecule has 4 heteroatoms. The third-order valence-electron chi connectivity index (χ3n) is 2.88. The SMILES string of the molecule is Cc1[nH]nc2c1CCC1CON=C21. The predicted molar refractivity (Wildman–Crippen MR) is 47.6 cm³/mol. The number of nitrogens with zero attached hydrogens (tertiary/aromatic N) is 2. The Morgan fingerprint density at radius 1 is 1.54 bits per heavy atom. The third kappa shape index (κ3) is 0.855. The summed E-state index contributed by atoms with van der Waals surface area (Å²) in [5, 5.41) is 11.3. The van der Waals surface area contributed by atoms with Crippen LogP contribution in [-0.2, 0) is 11.3 Å². The van der Waals surface area contributed by atoms with Gasteiger partial charge in [-0.2, -0.15) is 5.10 Å². The van der Waals surface area contributed by atoms with Crippen molar-refractivity contribution in [1.82, 2.24) is 10.2 Å². The summed E-state index contributed by atoms with van der Waals surface area (Å²) in [6.45, 7) is 2.79. The molecule has 1 aromatic rings. The molecule has 0 spiro atoms. The minimum Gasteiger partial charge on any atom is -0.395 e. The number of hydrogen-bond acceptors (Lipinski definition) is 3. The summed E-state index contributed by atoms with van der Waals surface area (Å²) < 4.78 is 0. The van der Waals surface area contributed by atoms with Crippen LogP contribution in [0.3, 0.4) is 0 Å². The molecule has 0 fully saturated rings. The van der Waals surface area contributed by atoms with Crippen LogP contribution < -0.4 is 0 Å². The minimum absolute atomic E-state index is 0.482. The first-order chi connectivity index (χ1) is 6.36. The molecule has 1 atom stereocenters. The summed E-state index contributed by atoms with van der Waals surface area (Å²) in [7, 11) is 0. The highest BCUT2D eigenvalue weighted by Gasteiger charge is 2.33. The van der Waals surface area contributed by atoms with E-state index in [9.17, 15) is 0 Å². The largest absolute Gasteiger partial charge is 0.395 e. The summed E-state index contributed by atoms with van der Waals surface area (Å²) in [4.78, 5) is 5.09. The molecular weight excluding hydrogens is 166 g/mol. The maximum absolute atomic E-state index is 5.09. The average molecular weight is 177 g/mol. The summed E-state index contributed by atoms with van der Waals surface area (Å²) in [6.07, 6.45) is 2.25. The van der Waals surface area contributed by atoms with Gasteiger partial charge in [-0.3, -0.25) is 5.10 Å². The first-order valence-corrected chi connectivity index (χ1v) is 4.60. The number of fused-ring (bicyclic) bond motifs is 3. The molecule has 1 N–H and O–H groups in total. The average Bonchev–Trinajstić information content (AvgIpc) is 2.70. The Morgan fingerprint density at radius 3 is 3.38 bits per heavy atom. The standard InChI is InChI=1S/C9H11N3O/c1-5-7-3-2-6-4-13-12-8(6)9(7)11-10-5/h6H,2-4H2,1H3,(H,10,11). The van der Waals surface area contributed by atoms with Gasteiger partial charge in [-0.05, 0) is 19.8 Å². The van der Waals surface area contributed by atoms with E-state index in [4.69, 9.17) is 4.84 Å². The van der Waals surface area contributed by atoms with Crippen molar-refractivity contribution >= 4 is 5.71 Å². The van der Waals surface area contributed by atoms with Crippen molar-refractivity contribution in [2.45, 2.75) is 19.8 Å². The molecule has 0 amide bonds. The van der Waals surface area contributed by atoms with Crippen LogP contribution >= 0.6 is 0 Å². The van der Waals surface area contributed by atoms with Gasteiger partial charge >= 0.3 is 0 Å². The topological polar surface area (TPSA) is 50.3 Å². The van der Waals surface area contributed by atoms with E-state index in [1.165, 1.54) is 11.3 Å². The summed E-state index contributed by atoms with van der Waals surface area (Å²) >= 11 is 0. The fourth-order valence-electron chi connectivity index (χ4n) is 2.10. The van der Waals surface area contributed by atoms with E-state index in [-0.39, 0.29) is 0 Å². The maximum atomic E-state index is 5.09. The van der Waals surface area contributed by atoms with Crippen molar-refractivity contribution in [3.8, 4) is 0 Å². The fourth-order valence-corrected chi connectivity index (χ4v) is 2.10. The third-order valence-corrected chi connectivity index (χ3v) is 2.88. The Morgan fingerprint density at radius 2 is 2.46 bits per heavy atom. The number of rotatable bonds is 0. The van der Waals surface area contributed by atoms with Crippen LogP contribution in [0.1, 0.15) is 23.4 Å². The monoisotopic (exact) mass is 177 g/mol. The first-order valence-electron chi connectivity index (χ1n) is 4.60. The smallest absolute Gasteiger partial charge is 0.125 e. The molecule has 68 valence electrons. The van der Waals surface area contributed by atoms with Crippen molar-refractivity contribution in [2.75, 3.05) is 6.61 Å². The van der Waals surface area contributed by atoms with E-state index < -0.39 is 0 Å². The van der Waals surface area contributed by atoms with Gasteiger partial charge in [0.2, 0.25) is 0 Å².